The minimum Gasteiger partial charge on any atom is -0.461 e. The van der Waals surface area contributed by atoms with Gasteiger partial charge < -0.3 is 19.9 Å². The second-order valence-corrected chi connectivity index (χ2v) is 13.3. The number of nitrogens with one attached hydrogen (secondary N) is 1. The smallest absolute Gasteiger partial charge is 0.355 e. The fraction of sp³-hybridized carbons (Fsp3) is 0.294. The van der Waals surface area contributed by atoms with Crippen molar-refractivity contribution in [3.05, 3.63) is 107 Å². The number of ether oxygens (including phenoxy) is 1. The quantitative estimate of drug-likeness (QED) is 0.210. The molecule has 0 amide bonds. The van der Waals surface area contributed by atoms with Crippen LogP contribution in [0.15, 0.2) is 84.9 Å². The Morgan fingerprint density at radius 1 is 0.977 bits per heavy atom. The lowest BCUT2D eigenvalue weighted by molar-refractivity contribution is 0.0373. The number of sulfonamides is 1. The molecule has 9 nitrogen and oxygen atoms in total. The van der Waals surface area contributed by atoms with Crippen LogP contribution in [0.5, 0.6) is 0 Å². The molecule has 0 unspecified atom stereocenters. The molecule has 2 aromatic heterocycles. The first-order valence-corrected chi connectivity index (χ1v) is 16.5. The van der Waals surface area contributed by atoms with Gasteiger partial charge in [0.1, 0.15) is 11.3 Å². The van der Waals surface area contributed by atoms with Crippen LogP contribution in [0.3, 0.4) is 0 Å². The first kappa shape index (κ1) is 29.8. The Balaban J connectivity index is 1.35. The van der Waals surface area contributed by atoms with Crippen LogP contribution in [0.25, 0.3) is 21.8 Å². The number of rotatable bonds is 10. The van der Waals surface area contributed by atoms with E-state index < -0.39 is 16.0 Å². The summed E-state index contributed by atoms with van der Waals surface area (Å²) in [5, 5.41) is 2.62. The van der Waals surface area contributed by atoms with Crippen molar-refractivity contribution in [2.75, 3.05) is 31.5 Å². The zero-order valence-corrected chi connectivity index (χ0v) is 25.6. The number of benzene rings is 3. The highest BCUT2D eigenvalue weighted by Crippen LogP contribution is 2.29. The van der Waals surface area contributed by atoms with Crippen LogP contribution in [-0.2, 0) is 33.6 Å². The van der Waals surface area contributed by atoms with Crippen LogP contribution >= 0.6 is 0 Å². The average molecular weight is 612 g/mol. The molecule has 0 bridgehead atoms. The highest BCUT2D eigenvalue weighted by atomic mass is 32.2. The number of anilines is 1. The van der Waals surface area contributed by atoms with Gasteiger partial charge in [-0.2, -0.15) is 0 Å². The Labute approximate surface area is 257 Å². The molecule has 5 aromatic rings. The summed E-state index contributed by atoms with van der Waals surface area (Å²) in [5.74, 6) is -0.211. The van der Waals surface area contributed by atoms with E-state index in [1.165, 1.54) is 0 Å². The summed E-state index contributed by atoms with van der Waals surface area (Å²) < 4.78 is 36.8. The Morgan fingerprint density at radius 3 is 2.50 bits per heavy atom. The molecule has 44 heavy (non-hydrogen) atoms. The van der Waals surface area contributed by atoms with E-state index in [0.717, 1.165) is 47.7 Å². The molecule has 10 heteroatoms. The molecule has 3 aromatic carbocycles. The normalized spacial score (nSPS) is 14.7. The van der Waals surface area contributed by atoms with Crippen molar-refractivity contribution < 1.29 is 17.9 Å². The Morgan fingerprint density at radius 2 is 1.73 bits per heavy atom. The minimum absolute atomic E-state index is 0.142. The summed E-state index contributed by atoms with van der Waals surface area (Å²) >= 11 is 0. The third kappa shape index (κ3) is 6.77. The summed E-state index contributed by atoms with van der Waals surface area (Å²) in [7, 11) is -1.57. The second kappa shape index (κ2) is 12.8. The van der Waals surface area contributed by atoms with Crippen molar-refractivity contribution >= 4 is 43.5 Å². The molecule has 3 heterocycles. The van der Waals surface area contributed by atoms with Crippen molar-refractivity contribution in [3.63, 3.8) is 0 Å². The van der Waals surface area contributed by atoms with Crippen LogP contribution in [0.1, 0.15) is 40.2 Å². The SMILES string of the molecule is CN1CCC(COC(=O)c2cc3ccc(CN)nc3n2Cc2cc(NS(=O)(=O)Cc3ccccc3)cc3ccccc23)CC1. The Hall–Kier alpha value is -4.25. The predicted octanol–water partition coefficient (Wildman–Crippen LogP) is 5.14. The van der Waals surface area contributed by atoms with E-state index in [1.807, 2.05) is 77.4 Å². The van der Waals surface area contributed by atoms with E-state index in [-0.39, 0.29) is 18.8 Å². The van der Waals surface area contributed by atoms with Gasteiger partial charge in [0.25, 0.3) is 0 Å². The van der Waals surface area contributed by atoms with Gasteiger partial charge in [-0.3, -0.25) is 4.72 Å². The molecule has 228 valence electrons. The number of nitrogens with zero attached hydrogens (tertiary/aromatic N) is 3. The molecule has 3 N–H and O–H groups in total. The van der Waals surface area contributed by atoms with E-state index in [4.69, 9.17) is 15.5 Å². The second-order valence-electron chi connectivity index (χ2n) is 11.6. The minimum atomic E-state index is -3.68. The Kier molecular flexibility index (Phi) is 8.65. The highest BCUT2D eigenvalue weighted by Gasteiger charge is 2.23. The monoisotopic (exact) mass is 611 g/mol. The van der Waals surface area contributed by atoms with E-state index in [1.54, 1.807) is 12.1 Å². The number of hydrogen-bond acceptors (Lipinski definition) is 7. The fourth-order valence-corrected chi connectivity index (χ4v) is 7.05. The molecule has 6 rings (SSSR count). The first-order valence-electron chi connectivity index (χ1n) is 14.9. The van der Waals surface area contributed by atoms with Gasteiger partial charge in [-0.1, -0.05) is 54.6 Å². The van der Waals surface area contributed by atoms with E-state index in [9.17, 15) is 13.2 Å². The number of aromatic nitrogens is 2. The molecule has 1 saturated heterocycles. The zero-order chi connectivity index (χ0) is 30.7. The number of hydrogen-bond donors (Lipinski definition) is 2. The number of pyridine rings is 1. The fourth-order valence-electron chi connectivity index (χ4n) is 5.86. The van der Waals surface area contributed by atoms with Gasteiger partial charge in [0, 0.05) is 17.6 Å². The predicted molar refractivity (Wildman–Crippen MR) is 174 cm³/mol. The van der Waals surface area contributed by atoms with Gasteiger partial charge in [0.05, 0.1) is 24.6 Å². The third-order valence-electron chi connectivity index (χ3n) is 8.26. The summed E-state index contributed by atoms with van der Waals surface area (Å²) in [6.07, 6.45) is 1.99. The molecule has 1 fully saturated rings. The van der Waals surface area contributed by atoms with Crippen LogP contribution < -0.4 is 10.5 Å². The van der Waals surface area contributed by atoms with Gasteiger partial charge >= 0.3 is 5.97 Å². The first-order chi connectivity index (χ1) is 21.3. The average Bonchev–Trinajstić information content (AvgIpc) is 3.38. The molecular weight excluding hydrogens is 574 g/mol. The number of nitrogens with two attached hydrogens (primary N) is 1. The van der Waals surface area contributed by atoms with Gasteiger partial charge in [-0.05, 0) is 91.1 Å². The molecule has 1 aliphatic heterocycles. The van der Waals surface area contributed by atoms with Crippen LogP contribution in [0, 0.1) is 5.92 Å². The molecule has 0 saturated carbocycles. The van der Waals surface area contributed by atoms with Gasteiger partial charge in [0.2, 0.25) is 10.0 Å². The maximum atomic E-state index is 13.6. The third-order valence-corrected chi connectivity index (χ3v) is 9.52. The molecular formula is C34H37N5O4S. The Bertz CT molecular complexity index is 1900. The lowest BCUT2D eigenvalue weighted by Crippen LogP contribution is -2.32. The maximum absolute atomic E-state index is 13.6. The van der Waals surface area contributed by atoms with Crippen molar-refractivity contribution in [3.8, 4) is 0 Å². The van der Waals surface area contributed by atoms with Crippen molar-refractivity contribution in [1.82, 2.24) is 14.5 Å². The summed E-state index contributed by atoms with van der Waals surface area (Å²) in [4.78, 5) is 20.6. The van der Waals surface area contributed by atoms with Gasteiger partial charge in [-0.25, -0.2) is 18.2 Å². The number of carbonyl (C=O) groups is 1. The maximum Gasteiger partial charge on any atom is 0.355 e. The molecule has 0 spiro atoms. The van der Waals surface area contributed by atoms with Crippen molar-refractivity contribution in [2.45, 2.75) is 31.7 Å². The lowest BCUT2D eigenvalue weighted by Gasteiger charge is -2.28. The summed E-state index contributed by atoms with van der Waals surface area (Å²) in [5.41, 5.74) is 9.64. The number of carbonyl (C=O) groups excluding carboxylic acids is 1. The molecule has 1 aliphatic rings. The van der Waals surface area contributed by atoms with E-state index >= 15 is 0 Å². The summed E-state index contributed by atoms with van der Waals surface area (Å²) in [6.45, 7) is 2.90. The van der Waals surface area contributed by atoms with Gasteiger partial charge in [0.15, 0.2) is 0 Å². The summed E-state index contributed by atoms with van der Waals surface area (Å²) in [6, 6.07) is 26.1. The van der Waals surface area contributed by atoms with Crippen LogP contribution in [0.2, 0.25) is 0 Å². The van der Waals surface area contributed by atoms with Crippen LogP contribution in [0.4, 0.5) is 5.69 Å². The van der Waals surface area contributed by atoms with Gasteiger partial charge in [-0.15, -0.1) is 0 Å². The molecule has 0 aliphatic carbocycles. The number of piperidine rings is 1. The topological polar surface area (TPSA) is 120 Å². The number of esters is 1. The largest absolute Gasteiger partial charge is 0.461 e. The standard InChI is InChI=1S/C34H37N5O4S/c1-38-15-13-24(14-16-38)22-43-34(40)32-19-27-11-12-29(20-35)36-33(27)39(32)21-28-18-30(17-26-9-5-6-10-31(26)28)37-44(41,42)23-25-7-3-2-4-8-25/h2-12,17-19,24,37H,13-16,20-23,35H2,1H3. The van der Waals surface area contributed by atoms with Crippen LogP contribution in [-0.4, -0.2) is 55.6 Å². The van der Waals surface area contributed by atoms with Crippen molar-refractivity contribution in [1.29, 1.82) is 0 Å². The lowest BCUT2D eigenvalue weighted by atomic mass is 9.98. The van der Waals surface area contributed by atoms with E-state index in [2.05, 4.69) is 16.7 Å². The molecule has 0 atom stereocenters. The number of likely N-dealkylation sites (tertiary alicyclic amines) is 1. The number of fused-ring (bicyclic) bond motifs is 2. The highest BCUT2D eigenvalue weighted by molar-refractivity contribution is 7.91. The van der Waals surface area contributed by atoms with E-state index in [0.29, 0.717) is 40.8 Å². The van der Waals surface area contributed by atoms with Crippen molar-refractivity contribution in [2.24, 2.45) is 11.7 Å². The molecule has 0 radical (unpaired) electrons. The zero-order valence-electron chi connectivity index (χ0n) is 24.8.